The van der Waals surface area contributed by atoms with Crippen molar-refractivity contribution in [1.29, 1.82) is 0 Å². The Bertz CT molecular complexity index is 835. The molecule has 29 heavy (non-hydrogen) atoms. The van der Waals surface area contributed by atoms with Gasteiger partial charge in [-0.25, -0.2) is 0 Å². The molecule has 2 rings (SSSR count). The summed E-state index contributed by atoms with van der Waals surface area (Å²) < 4.78 is 4.96. The van der Waals surface area contributed by atoms with Gasteiger partial charge in [-0.3, -0.25) is 14.4 Å². The normalized spacial score (nSPS) is 11.4. The molecule has 2 aromatic rings. The molecule has 1 atom stereocenters. The van der Waals surface area contributed by atoms with Crippen LogP contribution in [0.4, 0.5) is 0 Å². The lowest BCUT2D eigenvalue weighted by atomic mass is 10.1. The molecule has 0 unspecified atom stereocenters. The highest BCUT2D eigenvalue weighted by molar-refractivity contribution is 6.30. The summed E-state index contributed by atoms with van der Waals surface area (Å²) in [6, 6.07) is 14.2. The summed E-state index contributed by atoms with van der Waals surface area (Å²) in [7, 11) is 0. The first-order valence-electron chi connectivity index (χ1n) is 9.46. The number of carbonyl (C=O) groups is 3. The zero-order valence-corrected chi connectivity index (χ0v) is 17.3. The average molecular weight is 417 g/mol. The Balaban J connectivity index is 1.66. The summed E-state index contributed by atoms with van der Waals surface area (Å²) in [4.78, 5) is 35.7. The van der Waals surface area contributed by atoms with E-state index in [2.05, 4.69) is 17.6 Å². The van der Waals surface area contributed by atoms with Gasteiger partial charge in [0.15, 0.2) is 6.61 Å². The van der Waals surface area contributed by atoms with E-state index in [1.165, 1.54) is 5.56 Å². The maximum absolute atomic E-state index is 12.0. The molecule has 6 nitrogen and oxygen atoms in total. The van der Waals surface area contributed by atoms with E-state index in [1.54, 1.807) is 24.3 Å². The molecular weight excluding hydrogens is 392 g/mol. The van der Waals surface area contributed by atoms with Gasteiger partial charge in [-0.15, -0.1) is 0 Å². The van der Waals surface area contributed by atoms with Crippen LogP contribution in [0.2, 0.25) is 5.02 Å². The number of ether oxygens (including phenoxy) is 1. The van der Waals surface area contributed by atoms with Crippen molar-refractivity contribution in [3.63, 3.8) is 0 Å². The summed E-state index contributed by atoms with van der Waals surface area (Å²) in [5, 5.41) is 5.95. The van der Waals surface area contributed by atoms with E-state index >= 15 is 0 Å². The molecule has 7 heteroatoms. The standard InChI is InChI=1S/C22H25ClN2O4/c1-3-16-4-6-17(7-5-16)15(2)25-20(26)14-29-21(27)12-13-24-22(28)18-8-10-19(23)11-9-18/h4-11,15H,3,12-14H2,1-2H3,(H,24,28)(H,25,26)/t15-/m0/s1. The summed E-state index contributed by atoms with van der Waals surface area (Å²) in [6.07, 6.45) is 0.928. The Hall–Kier alpha value is -2.86. The Morgan fingerprint density at radius 3 is 2.31 bits per heavy atom. The van der Waals surface area contributed by atoms with Gasteiger partial charge in [-0.1, -0.05) is 42.8 Å². The van der Waals surface area contributed by atoms with E-state index in [1.807, 2.05) is 31.2 Å². The number of amides is 2. The molecule has 0 bridgehead atoms. The van der Waals surface area contributed by atoms with Gasteiger partial charge in [-0.2, -0.15) is 0 Å². The Kier molecular flexibility index (Phi) is 8.68. The number of esters is 1. The van der Waals surface area contributed by atoms with E-state index in [9.17, 15) is 14.4 Å². The maximum atomic E-state index is 12.0. The highest BCUT2D eigenvalue weighted by Crippen LogP contribution is 2.13. The predicted molar refractivity (Wildman–Crippen MR) is 112 cm³/mol. The fourth-order valence-electron chi connectivity index (χ4n) is 2.61. The molecule has 0 aliphatic heterocycles. The van der Waals surface area contributed by atoms with Crippen molar-refractivity contribution < 1.29 is 19.1 Å². The minimum Gasteiger partial charge on any atom is -0.456 e. The molecule has 0 saturated carbocycles. The van der Waals surface area contributed by atoms with Crippen LogP contribution in [-0.4, -0.2) is 30.9 Å². The van der Waals surface area contributed by atoms with Crippen molar-refractivity contribution >= 4 is 29.4 Å². The summed E-state index contributed by atoms with van der Waals surface area (Å²) in [5.41, 5.74) is 2.65. The first-order chi connectivity index (χ1) is 13.9. The second kappa shape index (κ2) is 11.2. The molecule has 154 valence electrons. The topological polar surface area (TPSA) is 84.5 Å². The largest absolute Gasteiger partial charge is 0.456 e. The third kappa shape index (κ3) is 7.58. The molecule has 0 spiro atoms. The Labute approximate surface area is 175 Å². The zero-order chi connectivity index (χ0) is 21.2. The maximum Gasteiger partial charge on any atom is 0.308 e. The van der Waals surface area contributed by atoms with E-state index in [0.29, 0.717) is 10.6 Å². The van der Waals surface area contributed by atoms with Crippen molar-refractivity contribution in [2.45, 2.75) is 32.7 Å². The minimum atomic E-state index is -0.559. The van der Waals surface area contributed by atoms with Gasteiger partial charge in [0.2, 0.25) is 0 Å². The van der Waals surface area contributed by atoms with Crippen LogP contribution < -0.4 is 10.6 Å². The smallest absolute Gasteiger partial charge is 0.308 e. The Morgan fingerprint density at radius 2 is 1.69 bits per heavy atom. The highest BCUT2D eigenvalue weighted by Gasteiger charge is 2.12. The van der Waals surface area contributed by atoms with Gasteiger partial charge in [0.1, 0.15) is 0 Å². The fraction of sp³-hybridized carbons (Fsp3) is 0.318. The number of hydrogen-bond donors (Lipinski definition) is 2. The molecule has 0 aromatic heterocycles. The van der Waals surface area contributed by atoms with Gasteiger partial charge in [-0.05, 0) is 48.7 Å². The van der Waals surface area contributed by atoms with Crippen LogP contribution in [0, 0.1) is 0 Å². The first-order valence-corrected chi connectivity index (χ1v) is 9.84. The van der Waals surface area contributed by atoms with Gasteiger partial charge < -0.3 is 15.4 Å². The quantitative estimate of drug-likeness (QED) is 0.613. The lowest BCUT2D eigenvalue weighted by molar-refractivity contribution is -0.148. The summed E-state index contributed by atoms with van der Waals surface area (Å²) >= 11 is 5.78. The lowest BCUT2D eigenvalue weighted by Crippen LogP contribution is -2.32. The summed E-state index contributed by atoms with van der Waals surface area (Å²) in [6.45, 7) is 3.70. The Morgan fingerprint density at radius 1 is 1.03 bits per heavy atom. The van der Waals surface area contributed by atoms with Crippen molar-refractivity contribution in [2.24, 2.45) is 0 Å². The number of halogens is 1. The molecule has 0 heterocycles. The molecule has 0 radical (unpaired) electrons. The molecule has 2 amide bonds. The number of aryl methyl sites for hydroxylation is 1. The predicted octanol–water partition coefficient (Wildman–Crippen LogP) is 3.44. The van der Waals surface area contributed by atoms with Gasteiger partial charge >= 0.3 is 5.97 Å². The van der Waals surface area contributed by atoms with Crippen LogP contribution in [-0.2, 0) is 20.7 Å². The van der Waals surface area contributed by atoms with Crippen LogP contribution in [0.25, 0.3) is 0 Å². The molecular formula is C22H25ClN2O4. The third-order valence-electron chi connectivity index (χ3n) is 4.35. The van der Waals surface area contributed by atoms with Crippen LogP contribution >= 0.6 is 11.6 Å². The number of benzene rings is 2. The van der Waals surface area contributed by atoms with E-state index in [0.717, 1.165) is 12.0 Å². The average Bonchev–Trinajstić information content (AvgIpc) is 2.72. The SMILES string of the molecule is CCc1ccc([C@H](C)NC(=O)COC(=O)CCNC(=O)c2ccc(Cl)cc2)cc1. The van der Waals surface area contributed by atoms with E-state index < -0.39 is 5.97 Å². The number of rotatable bonds is 9. The number of carbonyl (C=O) groups excluding carboxylic acids is 3. The number of nitrogens with one attached hydrogen (secondary N) is 2. The summed E-state index contributed by atoms with van der Waals surface area (Å²) in [5.74, 6) is -1.25. The minimum absolute atomic E-state index is 0.0271. The third-order valence-corrected chi connectivity index (χ3v) is 4.60. The molecule has 2 N–H and O–H groups in total. The van der Waals surface area contributed by atoms with Crippen LogP contribution in [0.3, 0.4) is 0 Å². The molecule has 0 aliphatic carbocycles. The van der Waals surface area contributed by atoms with Crippen LogP contribution in [0.15, 0.2) is 48.5 Å². The van der Waals surface area contributed by atoms with Gasteiger partial charge in [0.05, 0.1) is 12.5 Å². The van der Waals surface area contributed by atoms with Crippen LogP contribution in [0.5, 0.6) is 0 Å². The van der Waals surface area contributed by atoms with Crippen molar-refractivity contribution in [3.05, 3.63) is 70.2 Å². The molecule has 2 aromatic carbocycles. The molecule has 0 fully saturated rings. The van der Waals surface area contributed by atoms with E-state index in [-0.39, 0.29) is 37.4 Å². The highest BCUT2D eigenvalue weighted by atomic mass is 35.5. The van der Waals surface area contributed by atoms with Crippen molar-refractivity contribution in [1.82, 2.24) is 10.6 Å². The van der Waals surface area contributed by atoms with Crippen molar-refractivity contribution in [2.75, 3.05) is 13.2 Å². The molecule has 0 saturated heterocycles. The van der Waals surface area contributed by atoms with E-state index in [4.69, 9.17) is 16.3 Å². The van der Waals surface area contributed by atoms with Gasteiger partial charge in [0, 0.05) is 17.1 Å². The zero-order valence-electron chi connectivity index (χ0n) is 16.5. The fourth-order valence-corrected chi connectivity index (χ4v) is 2.73. The second-order valence-corrected chi connectivity index (χ2v) is 6.99. The number of hydrogen-bond acceptors (Lipinski definition) is 4. The second-order valence-electron chi connectivity index (χ2n) is 6.56. The molecule has 0 aliphatic rings. The first kappa shape index (κ1) is 22.4. The monoisotopic (exact) mass is 416 g/mol. The van der Waals surface area contributed by atoms with Crippen molar-refractivity contribution in [3.8, 4) is 0 Å². The van der Waals surface area contributed by atoms with Gasteiger partial charge in [0.25, 0.3) is 11.8 Å². The van der Waals surface area contributed by atoms with Crippen LogP contribution in [0.1, 0.15) is 47.8 Å². The lowest BCUT2D eigenvalue weighted by Gasteiger charge is -2.15.